The fourth-order valence-electron chi connectivity index (χ4n) is 3.72. The van der Waals surface area contributed by atoms with E-state index >= 15 is 0 Å². The highest BCUT2D eigenvalue weighted by molar-refractivity contribution is 5.45. The molecule has 0 saturated carbocycles. The molecule has 2 aromatic carbocycles. The van der Waals surface area contributed by atoms with Gasteiger partial charge >= 0.3 is 0 Å². The van der Waals surface area contributed by atoms with Crippen molar-refractivity contribution in [1.82, 2.24) is 14.8 Å². The predicted octanol–water partition coefficient (Wildman–Crippen LogP) is 5.66. The Morgan fingerprint density at radius 1 is 1.00 bits per heavy atom. The normalized spacial score (nSPS) is 10.7. The number of rotatable bonds is 10. The summed E-state index contributed by atoms with van der Waals surface area (Å²) in [6, 6.07) is 21.0. The minimum atomic E-state index is 0.196. The molecule has 0 saturated heterocycles. The van der Waals surface area contributed by atoms with Crippen LogP contribution in [0.3, 0.4) is 0 Å². The SMILES string of the molecule is COc1cc(COc2nn(-c3ccccc3)cc2CC#N)ccc1OCc1nc(-c2ccco2)oc1C. The number of methoxy groups -OCH3 is 1. The highest BCUT2D eigenvalue weighted by Crippen LogP contribution is 2.31. The summed E-state index contributed by atoms with van der Waals surface area (Å²) in [6.45, 7) is 2.28. The zero-order valence-electron chi connectivity index (χ0n) is 20.4. The maximum absolute atomic E-state index is 9.22. The van der Waals surface area contributed by atoms with E-state index in [9.17, 15) is 5.26 Å². The van der Waals surface area contributed by atoms with Gasteiger partial charge in [-0.05, 0) is 48.9 Å². The third-order valence-electron chi connectivity index (χ3n) is 5.63. The van der Waals surface area contributed by atoms with E-state index in [1.54, 1.807) is 30.2 Å². The standard InChI is InChI=1S/C28H24N4O5/c1-19-23(30-28(37-19)25-9-6-14-34-25)18-35-24-11-10-20(15-26(24)33-2)17-36-27-21(12-13-29)16-32(31-27)22-7-4-3-5-8-22/h3-11,14-16H,12,17-18H2,1-2H3. The van der Waals surface area contributed by atoms with Crippen LogP contribution in [0.4, 0.5) is 0 Å². The molecule has 3 heterocycles. The number of benzene rings is 2. The van der Waals surface area contributed by atoms with E-state index in [2.05, 4.69) is 16.2 Å². The lowest BCUT2D eigenvalue weighted by Crippen LogP contribution is -2.02. The smallest absolute Gasteiger partial charge is 0.263 e. The van der Waals surface area contributed by atoms with Crippen LogP contribution in [0.2, 0.25) is 0 Å². The summed E-state index contributed by atoms with van der Waals surface area (Å²) in [7, 11) is 1.58. The molecule has 37 heavy (non-hydrogen) atoms. The minimum absolute atomic E-state index is 0.196. The second kappa shape index (κ2) is 10.7. The van der Waals surface area contributed by atoms with Crippen LogP contribution in [0, 0.1) is 18.3 Å². The topological polar surface area (TPSA) is 108 Å². The van der Waals surface area contributed by atoms with Crippen molar-refractivity contribution in [1.29, 1.82) is 5.26 Å². The number of hydrogen-bond donors (Lipinski definition) is 0. The van der Waals surface area contributed by atoms with Crippen LogP contribution in [-0.4, -0.2) is 21.9 Å². The van der Waals surface area contributed by atoms with Crippen LogP contribution in [0.5, 0.6) is 17.4 Å². The second-order valence-electron chi connectivity index (χ2n) is 8.14. The summed E-state index contributed by atoms with van der Waals surface area (Å²) in [4.78, 5) is 4.47. The molecular weight excluding hydrogens is 472 g/mol. The summed E-state index contributed by atoms with van der Waals surface area (Å²) in [5, 5.41) is 13.8. The molecule has 0 unspecified atom stereocenters. The molecule has 9 heteroatoms. The molecule has 0 bridgehead atoms. The van der Waals surface area contributed by atoms with E-state index in [1.807, 2.05) is 61.7 Å². The fourth-order valence-corrected chi connectivity index (χ4v) is 3.72. The largest absolute Gasteiger partial charge is 0.493 e. The number of nitriles is 1. The Bertz CT molecular complexity index is 1510. The molecule has 0 spiro atoms. The monoisotopic (exact) mass is 496 g/mol. The Morgan fingerprint density at radius 2 is 1.86 bits per heavy atom. The highest BCUT2D eigenvalue weighted by atomic mass is 16.5. The van der Waals surface area contributed by atoms with Crippen LogP contribution in [0.1, 0.15) is 22.6 Å². The quantitative estimate of drug-likeness (QED) is 0.244. The maximum atomic E-state index is 9.22. The summed E-state index contributed by atoms with van der Waals surface area (Å²) < 4.78 is 30.3. The molecule has 5 aromatic rings. The average Bonchev–Trinajstić information content (AvgIpc) is 3.68. The number of oxazole rings is 1. The van der Waals surface area contributed by atoms with Crippen LogP contribution >= 0.6 is 0 Å². The van der Waals surface area contributed by atoms with Crippen molar-refractivity contribution in [2.24, 2.45) is 0 Å². The van der Waals surface area contributed by atoms with E-state index in [4.69, 9.17) is 23.0 Å². The van der Waals surface area contributed by atoms with Crippen LogP contribution in [0.15, 0.2) is 82.0 Å². The van der Waals surface area contributed by atoms with E-state index < -0.39 is 0 Å². The first-order valence-electron chi connectivity index (χ1n) is 11.6. The van der Waals surface area contributed by atoms with Gasteiger partial charge < -0.3 is 23.0 Å². The van der Waals surface area contributed by atoms with Crippen molar-refractivity contribution in [3.63, 3.8) is 0 Å². The molecular formula is C28H24N4O5. The lowest BCUT2D eigenvalue weighted by atomic mass is 10.2. The summed E-state index contributed by atoms with van der Waals surface area (Å²) in [5.41, 5.74) is 3.13. The molecule has 0 aliphatic rings. The summed E-state index contributed by atoms with van der Waals surface area (Å²) >= 11 is 0. The van der Waals surface area contributed by atoms with Crippen molar-refractivity contribution >= 4 is 0 Å². The lowest BCUT2D eigenvalue weighted by Gasteiger charge is -2.12. The Hall–Kier alpha value is -4.97. The number of para-hydroxylation sites is 1. The number of aryl methyl sites for hydroxylation is 1. The van der Waals surface area contributed by atoms with Gasteiger partial charge in [0.1, 0.15) is 24.7 Å². The van der Waals surface area contributed by atoms with Gasteiger partial charge in [-0.15, -0.1) is 5.10 Å². The average molecular weight is 497 g/mol. The van der Waals surface area contributed by atoms with E-state index in [1.165, 1.54) is 0 Å². The Kier molecular flexibility index (Phi) is 6.90. The Balaban J connectivity index is 1.27. The van der Waals surface area contributed by atoms with Crippen LogP contribution in [0.25, 0.3) is 17.3 Å². The number of nitrogens with zero attached hydrogens (tertiary/aromatic N) is 4. The second-order valence-corrected chi connectivity index (χ2v) is 8.14. The molecule has 0 aliphatic heterocycles. The molecule has 0 amide bonds. The number of ether oxygens (including phenoxy) is 3. The van der Waals surface area contributed by atoms with Gasteiger partial charge in [0, 0.05) is 11.8 Å². The van der Waals surface area contributed by atoms with Gasteiger partial charge in [-0.3, -0.25) is 0 Å². The van der Waals surface area contributed by atoms with E-state index in [0.29, 0.717) is 40.5 Å². The molecule has 0 aliphatic carbocycles. The zero-order chi connectivity index (χ0) is 25.6. The Labute approximate surface area is 213 Å². The molecule has 3 aromatic heterocycles. The lowest BCUT2D eigenvalue weighted by molar-refractivity contribution is 0.275. The third kappa shape index (κ3) is 5.33. The first-order valence-corrected chi connectivity index (χ1v) is 11.6. The van der Waals surface area contributed by atoms with Gasteiger partial charge in [-0.2, -0.15) is 5.26 Å². The highest BCUT2D eigenvalue weighted by Gasteiger charge is 2.16. The van der Waals surface area contributed by atoms with Gasteiger partial charge in [0.25, 0.3) is 5.89 Å². The van der Waals surface area contributed by atoms with Gasteiger partial charge in [-0.1, -0.05) is 24.3 Å². The molecule has 0 N–H and O–H groups in total. The Morgan fingerprint density at radius 3 is 2.62 bits per heavy atom. The van der Waals surface area contributed by atoms with Gasteiger partial charge in [-0.25, -0.2) is 9.67 Å². The van der Waals surface area contributed by atoms with E-state index in [-0.39, 0.29) is 19.6 Å². The number of hydrogen-bond acceptors (Lipinski definition) is 8. The number of aromatic nitrogens is 3. The van der Waals surface area contributed by atoms with Crippen molar-refractivity contribution in [2.45, 2.75) is 26.6 Å². The van der Waals surface area contributed by atoms with Crippen molar-refractivity contribution in [3.8, 4) is 40.8 Å². The minimum Gasteiger partial charge on any atom is -0.493 e. The fraction of sp³-hybridized carbons (Fsp3) is 0.179. The predicted molar refractivity (Wildman–Crippen MR) is 133 cm³/mol. The van der Waals surface area contributed by atoms with Crippen molar-refractivity contribution in [3.05, 3.63) is 95.7 Å². The molecule has 0 radical (unpaired) electrons. The maximum Gasteiger partial charge on any atom is 0.263 e. The van der Waals surface area contributed by atoms with Crippen LogP contribution in [-0.2, 0) is 19.6 Å². The molecule has 9 nitrogen and oxygen atoms in total. The molecule has 186 valence electrons. The molecule has 0 atom stereocenters. The first-order chi connectivity index (χ1) is 18.1. The third-order valence-corrected chi connectivity index (χ3v) is 5.63. The number of furan rings is 1. The van der Waals surface area contributed by atoms with Gasteiger partial charge in [0.2, 0.25) is 5.88 Å². The van der Waals surface area contributed by atoms with Crippen molar-refractivity contribution < 1.29 is 23.0 Å². The zero-order valence-corrected chi connectivity index (χ0v) is 20.4. The van der Waals surface area contributed by atoms with Gasteiger partial charge in [0.15, 0.2) is 17.3 Å². The summed E-state index contributed by atoms with van der Waals surface area (Å²) in [6.07, 6.45) is 3.58. The summed E-state index contributed by atoms with van der Waals surface area (Å²) in [5.74, 6) is 3.15. The van der Waals surface area contributed by atoms with Crippen molar-refractivity contribution in [2.75, 3.05) is 7.11 Å². The molecule has 5 rings (SSSR count). The van der Waals surface area contributed by atoms with Gasteiger partial charge in [0.05, 0.1) is 31.6 Å². The van der Waals surface area contributed by atoms with Crippen LogP contribution < -0.4 is 14.2 Å². The first kappa shape index (κ1) is 23.8. The van der Waals surface area contributed by atoms with E-state index in [0.717, 1.165) is 16.8 Å². The molecule has 0 fully saturated rings.